The molecule has 96 valence electrons. The Morgan fingerprint density at radius 3 is 2.59 bits per heavy atom. The summed E-state index contributed by atoms with van der Waals surface area (Å²) in [5.41, 5.74) is 4.34. The number of nitrogens with zero attached hydrogens (tertiary/aromatic N) is 2. The molecule has 1 aromatic rings. The third-order valence-corrected chi connectivity index (χ3v) is 4.19. The van der Waals surface area contributed by atoms with Gasteiger partial charge in [0.25, 0.3) is 0 Å². The van der Waals surface area contributed by atoms with E-state index in [0.29, 0.717) is 11.5 Å². The van der Waals surface area contributed by atoms with E-state index in [-0.39, 0.29) is 0 Å². The van der Waals surface area contributed by atoms with Crippen LogP contribution in [0.5, 0.6) is 0 Å². The zero-order chi connectivity index (χ0) is 12.6. The minimum absolute atomic E-state index is 0.524. The molecule has 3 heteroatoms. The van der Waals surface area contributed by atoms with Gasteiger partial charge in [0.1, 0.15) is 0 Å². The Bertz CT molecular complexity index is 404. The summed E-state index contributed by atoms with van der Waals surface area (Å²) in [5, 5.41) is 8.16. The predicted octanol–water partition coefficient (Wildman–Crippen LogP) is 2.71. The van der Waals surface area contributed by atoms with Crippen LogP contribution in [-0.2, 0) is 13.6 Å². The molecule has 0 saturated heterocycles. The van der Waals surface area contributed by atoms with Gasteiger partial charge in [0.05, 0.1) is 5.69 Å². The van der Waals surface area contributed by atoms with Gasteiger partial charge < -0.3 is 5.32 Å². The molecule has 1 unspecified atom stereocenters. The van der Waals surface area contributed by atoms with Crippen LogP contribution < -0.4 is 5.32 Å². The molecule has 17 heavy (non-hydrogen) atoms. The van der Waals surface area contributed by atoms with Crippen molar-refractivity contribution in [1.82, 2.24) is 15.1 Å². The Kier molecular flexibility index (Phi) is 3.30. The molecule has 1 aromatic heterocycles. The molecule has 0 amide bonds. The van der Waals surface area contributed by atoms with E-state index >= 15 is 0 Å². The largest absolute Gasteiger partial charge is 0.310 e. The summed E-state index contributed by atoms with van der Waals surface area (Å²) in [4.78, 5) is 0. The van der Waals surface area contributed by atoms with E-state index < -0.39 is 0 Å². The lowest BCUT2D eigenvalue weighted by atomic mass is 9.92. The third kappa shape index (κ3) is 2.71. The summed E-state index contributed by atoms with van der Waals surface area (Å²) in [6.45, 7) is 9.95. The van der Waals surface area contributed by atoms with Crippen molar-refractivity contribution in [3.8, 4) is 0 Å². The van der Waals surface area contributed by atoms with Crippen LogP contribution in [0.2, 0.25) is 0 Å². The summed E-state index contributed by atoms with van der Waals surface area (Å²) in [7, 11) is 2.02. The van der Waals surface area contributed by atoms with Gasteiger partial charge in [0, 0.05) is 30.9 Å². The molecule has 1 aliphatic rings. The number of aryl methyl sites for hydroxylation is 2. The van der Waals surface area contributed by atoms with Crippen molar-refractivity contribution in [2.24, 2.45) is 12.5 Å². The minimum atomic E-state index is 0.524. The van der Waals surface area contributed by atoms with Gasteiger partial charge in [0.15, 0.2) is 0 Å². The lowest BCUT2D eigenvalue weighted by Crippen LogP contribution is -2.27. The minimum Gasteiger partial charge on any atom is -0.310 e. The fourth-order valence-corrected chi connectivity index (χ4v) is 2.93. The van der Waals surface area contributed by atoms with Gasteiger partial charge >= 0.3 is 0 Å². The quantitative estimate of drug-likeness (QED) is 0.873. The average Bonchev–Trinajstić information content (AvgIpc) is 2.68. The van der Waals surface area contributed by atoms with Crippen LogP contribution in [0.1, 0.15) is 50.1 Å². The van der Waals surface area contributed by atoms with Crippen molar-refractivity contribution in [2.45, 2.75) is 59.5 Å². The molecule has 1 N–H and O–H groups in total. The average molecular weight is 235 g/mol. The van der Waals surface area contributed by atoms with E-state index in [4.69, 9.17) is 0 Å². The molecule has 1 fully saturated rings. The predicted molar refractivity (Wildman–Crippen MR) is 70.9 cm³/mol. The zero-order valence-corrected chi connectivity index (χ0v) is 11.8. The third-order valence-electron chi connectivity index (χ3n) is 4.19. The molecule has 1 saturated carbocycles. The van der Waals surface area contributed by atoms with E-state index in [1.165, 1.54) is 30.5 Å². The summed E-state index contributed by atoms with van der Waals surface area (Å²) < 4.78 is 1.98. The van der Waals surface area contributed by atoms with Crippen molar-refractivity contribution in [3.05, 3.63) is 17.0 Å². The van der Waals surface area contributed by atoms with Gasteiger partial charge in [-0.15, -0.1) is 0 Å². The summed E-state index contributed by atoms with van der Waals surface area (Å²) in [6, 6.07) is 0.684. The van der Waals surface area contributed by atoms with E-state index in [1.807, 2.05) is 11.7 Å². The standard InChI is InChI=1S/C14H25N3/c1-10-13(11(2)17(5)16-10)9-15-12-6-7-14(3,4)8-12/h12,15H,6-9H2,1-5H3. The number of nitrogens with one attached hydrogen (secondary N) is 1. The molecule has 0 aliphatic heterocycles. The Morgan fingerprint density at radius 1 is 1.41 bits per heavy atom. The second-order valence-corrected chi connectivity index (χ2v) is 6.26. The van der Waals surface area contributed by atoms with E-state index in [2.05, 4.69) is 38.1 Å². The fourth-order valence-electron chi connectivity index (χ4n) is 2.93. The lowest BCUT2D eigenvalue weighted by Gasteiger charge is -2.18. The SMILES string of the molecule is Cc1nn(C)c(C)c1CNC1CCC(C)(C)C1. The Labute approximate surface area is 105 Å². The maximum Gasteiger partial charge on any atom is 0.0641 e. The van der Waals surface area contributed by atoms with Gasteiger partial charge in [-0.1, -0.05) is 13.8 Å². The maximum absolute atomic E-state index is 4.46. The Balaban J connectivity index is 1.95. The van der Waals surface area contributed by atoms with E-state index in [9.17, 15) is 0 Å². The molecule has 0 bridgehead atoms. The van der Waals surface area contributed by atoms with Crippen LogP contribution in [-0.4, -0.2) is 15.8 Å². The van der Waals surface area contributed by atoms with E-state index in [0.717, 1.165) is 12.2 Å². The number of hydrogen-bond acceptors (Lipinski definition) is 2. The Morgan fingerprint density at radius 2 is 2.12 bits per heavy atom. The van der Waals surface area contributed by atoms with Crippen LogP contribution in [0.4, 0.5) is 0 Å². The van der Waals surface area contributed by atoms with Crippen LogP contribution in [0.15, 0.2) is 0 Å². The number of rotatable bonds is 3. The molecule has 1 heterocycles. The molecular formula is C14H25N3. The number of aromatic nitrogens is 2. The second kappa shape index (κ2) is 4.45. The summed E-state index contributed by atoms with van der Waals surface area (Å²) >= 11 is 0. The van der Waals surface area contributed by atoms with Crippen molar-refractivity contribution >= 4 is 0 Å². The van der Waals surface area contributed by atoms with Crippen molar-refractivity contribution in [2.75, 3.05) is 0 Å². The topological polar surface area (TPSA) is 29.9 Å². The molecule has 0 aromatic carbocycles. The Hall–Kier alpha value is -0.830. The molecule has 2 rings (SSSR count). The molecule has 1 atom stereocenters. The highest BCUT2D eigenvalue weighted by Crippen LogP contribution is 2.37. The molecular weight excluding hydrogens is 210 g/mol. The van der Waals surface area contributed by atoms with Gasteiger partial charge in [-0.2, -0.15) is 5.10 Å². The highest BCUT2D eigenvalue weighted by atomic mass is 15.3. The highest BCUT2D eigenvalue weighted by molar-refractivity contribution is 5.24. The van der Waals surface area contributed by atoms with Crippen molar-refractivity contribution in [1.29, 1.82) is 0 Å². The molecule has 3 nitrogen and oxygen atoms in total. The van der Waals surface area contributed by atoms with Gasteiger partial charge in [0.2, 0.25) is 0 Å². The summed E-state index contributed by atoms with van der Waals surface area (Å²) in [5.74, 6) is 0. The molecule has 0 radical (unpaired) electrons. The van der Waals surface area contributed by atoms with E-state index in [1.54, 1.807) is 0 Å². The number of hydrogen-bond donors (Lipinski definition) is 1. The normalized spacial score (nSPS) is 23.2. The van der Waals surface area contributed by atoms with Crippen LogP contribution in [0, 0.1) is 19.3 Å². The van der Waals surface area contributed by atoms with Crippen molar-refractivity contribution in [3.63, 3.8) is 0 Å². The first-order valence-electron chi connectivity index (χ1n) is 6.61. The first-order chi connectivity index (χ1) is 7.89. The van der Waals surface area contributed by atoms with Gasteiger partial charge in [-0.3, -0.25) is 4.68 Å². The monoisotopic (exact) mass is 235 g/mol. The lowest BCUT2D eigenvalue weighted by molar-refractivity contribution is 0.364. The van der Waals surface area contributed by atoms with Crippen LogP contribution >= 0.6 is 0 Å². The van der Waals surface area contributed by atoms with Gasteiger partial charge in [-0.25, -0.2) is 0 Å². The maximum atomic E-state index is 4.46. The van der Waals surface area contributed by atoms with Gasteiger partial charge in [-0.05, 0) is 38.5 Å². The van der Waals surface area contributed by atoms with Crippen LogP contribution in [0.3, 0.4) is 0 Å². The second-order valence-electron chi connectivity index (χ2n) is 6.26. The smallest absolute Gasteiger partial charge is 0.0641 e. The fraction of sp³-hybridized carbons (Fsp3) is 0.786. The molecule has 0 spiro atoms. The van der Waals surface area contributed by atoms with Crippen LogP contribution in [0.25, 0.3) is 0 Å². The first-order valence-corrected chi connectivity index (χ1v) is 6.61. The summed E-state index contributed by atoms with van der Waals surface area (Å²) in [6.07, 6.45) is 3.95. The highest BCUT2D eigenvalue weighted by Gasteiger charge is 2.30. The van der Waals surface area contributed by atoms with Crippen molar-refractivity contribution < 1.29 is 0 Å². The molecule has 1 aliphatic carbocycles. The zero-order valence-electron chi connectivity index (χ0n) is 11.8. The first kappa shape index (κ1) is 12.6.